The minimum Gasteiger partial charge on any atom is -0.398 e. The molecule has 0 bridgehead atoms. The lowest BCUT2D eigenvalue weighted by Gasteiger charge is -2.10. The second-order valence-electron chi connectivity index (χ2n) is 4.63. The Labute approximate surface area is 126 Å². The number of aromatic nitrogens is 1. The lowest BCUT2D eigenvalue weighted by Crippen LogP contribution is -2.12. The van der Waals surface area contributed by atoms with Crippen molar-refractivity contribution in [3.05, 3.63) is 47.5 Å². The molecule has 108 valence electrons. The first-order chi connectivity index (χ1) is 9.95. The van der Waals surface area contributed by atoms with Crippen LogP contribution in [0.2, 0.25) is 0 Å². The summed E-state index contributed by atoms with van der Waals surface area (Å²) in [7, 11) is -3.64. The van der Waals surface area contributed by atoms with Gasteiger partial charge < -0.3 is 5.73 Å². The third-order valence-corrected chi connectivity index (χ3v) is 5.77. The molecule has 0 spiro atoms. The first-order valence-electron chi connectivity index (χ1n) is 6.19. The molecular formula is C14H13N3O2S2. The number of para-hydroxylation sites is 1. The number of anilines is 2. The molecule has 1 aromatic carbocycles. The second kappa shape index (κ2) is 5.01. The summed E-state index contributed by atoms with van der Waals surface area (Å²) in [6.07, 6.45) is 0. The van der Waals surface area contributed by atoms with Crippen molar-refractivity contribution in [1.82, 2.24) is 4.98 Å². The van der Waals surface area contributed by atoms with Crippen molar-refractivity contribution < 1.29 is 8.42 Å². The van der Waals surface area contributed by atoms with Gasteiger partial charge in [0.15, 0.2) is 0 Å². The highest BCUT2D eigenvalue weighted by molar-refractivity contribution is 7.94. The monoisotopic (exact) mass is 319 g/mol. The summed E-state index contributed by atoms with van der Waals surface area (Å²) in [6, 6.07) is 10.6. The summed E-state index contributed by atoms with van der Waals surface area (Å²) in [5, 5.41) is 2.36. The molecule has 2 aromatic heterocycles. The standard InChI is InChI=1S/C14H13N3O2S2/c1-9-6-13(11-4-2-3-5-12(11)16-9)17-21(18,19)14-7-10(15)8-20-14/h2-8H,15H2,1H3,(H,16,17). The highest BCUT2D eigenvalue weighted by Crippen LogP contribution is 2.28. The van der Waals surface area contributed by atoms with Gasteiger partial charge in [-0.05, 0) is 25.1 Å². The summed E-state index contributed by atoms with van der Waals surface area (Å²) in [4.78, 5) is 4.39. The van der Waals surface area contributed by atoms with Gasteiger partial charge in [-0.2, -0.15) is 0 Å². The van der Waals surface area contributed by atoms with Gasteiger partial charge in [-0.15, -0.1) is 11.3 Å². The van der Waals surface area contributed by atoms with Crippen molar-refractivity contribution in [2.75, 3.05) is 10.5 Å². The summed E-state index contributed by atoms with van der Waals surface area (Å²) in [5.74, 6) is 0. The predicted octanol–water partition coefficient (Wildman–Crippen LogP) is 2.99. The van der Waals surface area contributed by atoms with Gasteiger partial charge in [0.05, 0.1) is 11.2 Å². The number of rotatable bonds is 3. The Morgan fingerprint density at radius 2 is 2.00 bits per heavy atom. The molecule has 0 atom stereocenters. The normalized spacial score (nSPS) is 11.7. The minimum atomic E-state index is -3.64. The van der Waals surface area contributed by atoms with Crippen LogP contribution >= 0.6 is 11.3 Å². The van der Waals surface area contributed by atoms with Gasteiger partial charge in [0.2, 0.25) is 0 Å². The number of nitrogen functional groups attached to an aromatic ring is 1. The highest BCUT2D eigenvalue weighted by atomic mass is 32.2. The van der Waals surface area contributed by atoms with Crippen LogP contribution in [0.3, 0.4) is 0 Å². The van der Waals surface area contributed by atoms with Gasteiger partial charge in [-0.1, -0.05) is 18.2 Å². The van der Waals surface area contributed by atoms with Crippen molar-refractivity contribution in [3.63, 3.8) is 0 Å². The third kappa shape index (κ3) is 2.70. The molecule has 0 saturated carbocycles. The molecule has 0 unspecified atom stereocenters. The zero-order chi connectivity index (χ0) is 15.0. The van der Waals surface area contributed by atoms with E-state index in [9.17, 15) is 8.42 Å². The lowest BCUT2D eigenvalue weighted by atomic mass is 10.2. The Kier molecular flexibility index (Phi) is 3.30. The summed E-state index contributed by atoms with van der Waals surface area (Å²) in [5.41, 5.74) is 8.05. The zero-order valence-corrected chi connectivity index (χ0v) is 12.8. The van der Waals surface area contributed by atoms with Crippen LogP contribution in [0.25, 0.3) is 10.9 Å². The Morgan fingerprint density at radius 3 is 2.71 bits per heavy atom. The summed E-state index contributed by atoms with van der Waals surface area (Å²) < 4.78 is 27.6. The largest absolute Gasteiger partial charge is 0.398 e. The van der Waals surface area contributed by atoms with E-state index in [4.69, 9.17) is 5.73 Å². The van der Waals surface area contributed by atoms with Crippen LogP contribution < -0.4 is 10.5 Å². The maximum absolute atomic E-state index is 12.4. The van der Waals surface area contributed by atoms with E-state index in [1.54, 1.807) is 11.4 Å². The van der Waals surface area contributed by atoms with Crippen molar-refractivity contribution in [2.24, 2.45) is 0 Å². The van der Waals surface area contributed by atoms with Crippen LogP contribution in [0.4, 0.5) is 11.4 Å². The first kappa shape index (κ1) is 13.8. The van der Waals surface area contributed by atoms with E-state index >= 15 is 0 Å². The molecule has 2 heterocycles. The van der Waals surface area contributed by atoms with Crippen LogP contribution in [-0.4, -0.2) is 13.4 Å². The van der Waals surface area contributed by atoms with Crippen LogP contribution in [0.15, 0.2) is 46.0 Å². The van der Waals surface area contributed by atoms with E-state index in [0.29, 0.717) is 11.4 Å². The molecule has 5 nitrogen and oxygen atoms in total. The quantitative estimate of drug-likeness (QED) is 0.777. The first-order valence-corrected chi connectivity index (χ1v) is 8.55. The number of fused-ring (bicyclic) bond motifs is 1. The number of nitrogens with two attached hydrogens (primary N) is 1. The fourth-order valence-corrected chi connectivity index (χ4v) is 4.21. The SMILES string of the molecule is Cc1cc(NS(=O)(=O)c2cc(N)cs2)c2ccccc2n1. The topological polar surface area (TPSA) is 85.1 Å². The molecule has 3 N–H and O–H groups in total. The Balaban J connectivity index is 2.09. The molecule has 3 rings (SSSR count). The average molecular weight is 319 g/mol. The van der Waals surface area contributed by atoms with E-state index in [1.165, 1.54) is 6.07 Å². The average Bonchev–Trinajstić information content (AvgIpc) is 2.86. The fourth-order valence-electron chi connectivity index (χ4n) is 2.06. The van der Waals surface area contributed by atoms with E-state index in [1.807, 2.05) is 31.2 Å². The van der Waals surface area contributed by atoms with E-state index < -0.39 is 10.0 Å². The number of thiophene rings is 1. The fraction of sp³-hybridized carbons (Fsp3) is 0.0714. The van der Waals surface area contributed by atoms with Crippen LogP contribution in [0.1, 0.15) is 5.69 Å². The molecule has 0 saturated heterocycles. The highest BCUT2D eigenvalue weighted by Gasteiger charge is 2.18. The molecule has 3 aromatic rings. The number of nitrogens with one attached hydrogen (secondary N) is 1. The lowest BCUT2D eigenvalue weighted by molar-refractivity contribution is 0.603. The molecule has 21 heavy (non-hydrogen) atoms. The second-order valence-corrected chi connectivity index (χ2v) is 7.45. The Bertz CT molecular complexity index is 917. The molecule has 0 fully saturated rings. The number of sulfonamides is 1. The zero-order valence-electron chi connectivity index (χ0n) is 11.2. The van der Waals surface area contributed by atoms with Crippen LogP contribution in [0, 0.1) is 6.92 Å². The number of benzene rings is 1. The van der Waals surface area contributed by atoms with Gasteiger partial charge in [0.1, 0.15) is 4.21 Å². The molecule has 0 aliphatic carbocycles. The van der Waals surface area contributed by atoms with Gasteiger partial charge in [-0.25, -0.2) is 8.42 Å². The minimum absolute atomic E-state index is 0.193. The Hall–Kier alpha value is -2.12. The van der Waals surface area contributed by atoms with Crippen LogP contribution in [-0.2, 0) is 10.0 Å². The maximum Gasteiger partial charge on any atom is 0.271 e. The van der Waals surface area contributed by atoms with Crippen molar-refractivity contribution in [3.8, 4) is 0 Å². The van der Waals surface area contributed by atoms with Crippen molar-refractivity contribution in [1.29, 1.82) is 0 Å². The predicted molar refractivity (Wildman–Crippen MR) is 86.0 cm³/mol. The summed E-state index contributed by atoms with van der Waals surface area (Å²) in [6.45, 7) is 1.83. The smallest absolute Gasteiger partial charge is 0.271 e. The van der Waals surface area contributed by atoms with Gasteiger partial charge >= 0.3 is 0 Å². The summed E-state index contributed by atoms with van der Waals surface area (Å²) >= 11 is 1.09. The number of aryl methyl sites for hydroxylation is 1. The number of nitrogens with zero attached hydrogens (tertiary/aromatic N) is 1. The number of hydrogen-bond acceptors (Lipinski definition) is 5. The number of pyridine rings is 1. The molecular weight excluding hydrogens is 306 g/mol. The Morgan fingerprint density at radius 1 is 1.24 bits per heavy atom. The molecule has 0 aliphatic rings. The van der Waals surface area contributed by atoms with Gasteiger partial charge in [0, 0.05) is 22.1 Å². The molecule has 0 radical (unpaired) electrons. The maximum atomic E-state index is 12.4. The van der Waals surface area contributed by atoms with Gasteiger partial charge in [0.25, 0.3) is 10.0 Å². The third-order valence-electron chi connectivity index (χ3n) is 2.95. The molecule has 0 aliphatic heterocycles. The van der Waals surface area contributed by atoms with E-state index in [2.05, 4.69) is 9.71 Å². The van der Waals surface area contributed by atoms with E-state index in [-0.39, 0.29) is 4.21 Å². The molecule has 0 amide bonds. The van der Waals surface area contributed by atoms with Crippen molar-refractivity contribution in [2.45, 2.75) is 11.1 Å². The van der Waals surface area contributed by atoms with Crippen LogP contribution in [0.5, 0.6) is 0 Å². The van der Waals surface area contributed by atoms with Crippen molar-refractivity contribution >= 4 is 43.6 Å². The molecule has 7 heteroatoms. The van der Waals surface area contributed by atoms with E-state index in [0.717, 1.165) is 27.9 Å². The van der Waals surface area contributed by atoms with Gasteiger partial charge in [-0.3, -0.25) is 9.71 Å². The number of hydrogen-bond donors (Lipinski definition) is 2.